The van der Waals surface area contributed by atoms with E-state index in [1.165, 1.54) is 18.4 Å². The number of aryl methyl sites for hydroxylation is 1. The third-order valence-electron chi connectivity index (χ3n) is 4.99. The van der Waals surface area contributed by atoms with Crippen LogP contribution in [0.2, 0.25) is 5.15 Å². The van der Waals surface area contributed by atoms with Crippen molar-refractivity contribution in [3.63, 3.8) is 0 Å². The van der Waals surface area contributed by atoms with Gasteiger partial charge in [0.05, 0.1) is 11.5 Å². The molecule has 22 heavy (non-hydrogen) atoms. The van der Waals surface area contributed by atoms with Crippen LogP contribution >= 0.6 is 11.6 Å². The van der Waals surface area contributed by atoms with Crippen molar-refractivity contribution in [2.45, 2.75) is 43.1 Å². The molecule has 0 N–H and O–H groups in total. The van der Waals surface area contributed by atoms with Crippen LogP contribution in [-0.4, -0.2) is 33.0 Å². The van der Waals surface area contributed by atoms with E-state index < -0.39 is 0 Å². The van der Waals surface area contributed by atoms with E-state index in [0.717, 1.165) is 24.4 Å². The summed E-state index contributed by atoms with van der Waals surface area (Å²) < 4.78 is 7.51. The van der Waals surface area contributed by atoms with Crippen molar-refractivity contribution in [3.05, 3.63) is 40.7 Å². The predicted molar refractivity (Wildman–Crippen MR) is 83.0 cm³/mol. The molecule has 0 amide bonds. The largest absolute Gasteiger partial charge is 0.381 e. The topological polar surface area (TPSA) is 52.8 Å². The molecular formula is C16H19ClN4O. The predicted octanol–water partition coefficient (Wildman–Crippen LogP) is 2.84. The molecule has 2 aliphatic carbocycles. The average Bonchev–Trinajstić information content (AvgIpc) is 3.22. The van der Waals surface area contributed by atoms with Crippen LogP contribution in [0.15, 0.2) is 18.5 Å². The van der Waals surface area contributed by atoms with Crippen LogP contribution in [-0.2, 0) is 17.2 Å². The molecule has 0 radical (unpaired) electrons. The number of rotatable bonds is 4. The van der Waals surface area contributed by atoms with Gasteiger partial charge in [-0.15, -0.1) is 10.2 Å². The number of aromatic nitrogens is 4. The van der Waals surface area contributed by atoms with E-state index in [1.807, 2.05) is 17.7 Å². The first kappa shape index (κ1) is 14.2. The van der Waals surface area contributed by atoms with Gasteiger partial charge in [0.1, 0.15) is 17.3 Å². The van der Waals surface area contributed by atoms with Gasteiger partial charge in [-0.1, -0.05) is 11.6 Å². The number of pyridine rings is 1. The number of hydrogen-bond donors (Lipinski definition) is 0. The summed E-state index contributed by atoms with van der Waals surface area (Å²) in [5, 5.41) is 9.00. The highest BCUT2D eigenvalue weighted by Crippen LogP contribution is 2.51. The Morgan fingerprint density at radius 1 is 1.32 bits per heavy atom. The van der Waals surface area contributed by atoms with E-state index in [2.05, 4.69) is 21.2 Å². The van der Waals surface area contributed by atoms with Crippen LogP contribution in [0, 0.1) is 0 Å². The number of methoxy groups -OCH3 is 1. The van der Waals surface area contributed by atoms with Crippen molar-refractivity contribution in [2.24, 2.45) is 7.05 Å². The number of nitrogens with zero attached hydrogens (tertiary/aromatic N) is 4. The second-order valence-electron chi connectivity index (χ2n) is 6.49. The third-order valence-corrected chi connectivity index (χ3v) is 5.18. The highest BCUT2D eigenvalue weighted by molar-refractivity contribution is 6.29. The van der Waals surface area contributed by atoms with Crippen LogP contribution < -0.4 is 0 Å². The Hall–Kier alpha value is -1.46. The average molecular weight is 319 g/mol. The zero-order chi connectivity index (χ0) is 15.3. The van der Waals surface area contributed by atoms with Gasteiger partial charge in [-0.05, 0) is 43.4 Å². The standard InChI is InChI=1S/C16H19ClN4O/c1-21-9-18-20-15(21)16(7-12(8-16)22-2)11-5-13(10-3-4-10)19-14(17)6-11/h5-6,9-10,12H,3-4,7-8H2,1-2H3. The molecule has 6 heteroatoms. The number of ether oxygens (including phenoxy) is 1. The molecule has 2 aromatic heterocycles. The molecule has 0 saturated heterocycles. The zero-order valence-electron chi connectivity index (χ0n) is 12.8. The lowest BCUT2D eigenvalue weighted by Gasteiger charge is -2.46. The van der Waals surface area contributed by atoms with Crippen molar-refractivity contribution >= 4 is 11.6 Å². The first-order valence-corrected chi connectivity index (χ1v) is 8.05. The van der Waals surface area contributed by atoms with Crippen LogP contribution in [0.25, 0.3) is 0 Å². The molecule has 0 aliphatic heterocycles. The molecule has 2 aromatic rings. The van der Waals surface area contributed by atoms with Gasteiger partial charge in [-0.3, -0.25) is 0 Å². The second kappa shape index (κ2) is 5.03. The van der Waals surface area contributed by atoms with E-state index in [-0.39, 0.29) is 11.5 Å². The Labute approximate surface area is 134 Å². The molecule has 2 aliphatic rings. The highest BCUT2D eigenvalue weighted by Gasteiger charge is 2.50. The first-order valence-electron chi connectivity index (χ1n) is 7.67. The van der Waals surface area contributed by atoms with E-state index >= 15 is 0 Å². The second-order valence-corrected chi connectivity index (χ2v) is 6.88. The Bertz CT molecular complexity index is 704. The quantitative estimate of drug-likeness (QED) is 0.813. The van der Waals surface area contributed by atoms with Crippen molar-refractivity contribution in [2.75, 3.05) is 7.11 Å². The van der Waals surface area contributed by atoms with Crippen LogP contribution in [0.1, 0.15) is 48.7 Å². The number of hydrogen-bond acceptors (Lipinski definition) is 4. The Morgan fingerprint density at radius 3 is 2.68 bits per heavy atom. The Balaban J connectivity index is 1.80. The molecule has 2 fully saturated rings. The third kappa shape index (κ3) is 2.15. The normalized spacial score (nSPS) is 27.7. The maximum atomic E-state index is 6.30. The van der Waals surface area contributed by atoms with Gasteiger partial charge in [0.25, 0.3) is 0 Å². The van der Waals surface area contributed by atoms with Gasteiger partial charge >= 0.3 is 0 Å². The van der Waals surface area contributed by atoms with Gasteiger partial charge in [-0.25, -0.2) is 4.98 Å². The molecule has 4 rings (SSSR count). The monoisotopic (exact) mass is 318 g/mol. The van der Waals surface area contributed by atoms with E-state index in [4.69, 9.17) is 16.3 Å². The fourth-order valence-corrected chi connectivity index (χ4v) is 3.74. The van der Waals surface area contributed by atoms with E-state index in [1.54, 1.807) is 13.4 Å². The zero-order valence-corrected chi connectivity index (χ0v) is 13.5. The molecule has 0 bridgehead atoms. The van der Waals surface area contributed by atoms with Crippen molar-refractivity contribution in [1.29, 1.82) is 0 Å². The molecule has 0 atom stereocenters. The first-order chi connectivity index (χ1) is 10.6. The lowest BCUT2D eigenvalue weighted by atomic mass is 9.62. The molecule has 2 saturated carbocycles. The van der Waals surface area contributed by atoms with Crippen molar-refractivity contribution in [3.8, 4) is 0 Å². The Morgan fingerprint density at radius 2 is 2.09 bits per heavy atom. The van der Waals surface area contributed by atoms with Crippen LogP contribution in [0.5, 0.6) is 0 Å². The summed E-state index contributed by atoms with van der Waals surface area (Å²) in [5.74, 6) is 1.55. The fourth-order valence-electron chi connectivity index (χ4n) is 3.53. The number of halogens is 1. The van der Waals surface area contributed by atoms with Gasteiger partial charge in [0, 0.05) is 25.8 Å². The van der Waals surface area contributed by atoms with Crippen LogP contribution in [0.4, 0.5) is 0 Å². The summed E-state index contributed by atoms with van der Waals surface area (Å²) in [6.45, 7) is 0. The van der Waals surface area contributed by atoms with E-state index in [9.17, 15) is 0 Å². The van der Waals surface area contributed by atoms with Crippen molar-refractivity contribution < 1.29 is 4.74 Å². The SMILES string of the molecule is COC1CC(c2cc(Cl)nc(C3CC3)c2)(c2nncn2C)C1. The van der Waals surface area contributed by atoms with Crippen LogP contribution in [0.3, 0.4) is 0 Å². The molecule has 2 heterocycles. The molecular weight excluding hydrogens is 300 g/mol. The molecule has 0 unspecified atom stereocenters. The van der Waals surface area contributed by atoms with Gasteiger partial charge < -0.3 is 9.30 Å². The molecule has 116 valence electrons. The Kier molecular flexibility index (Phi) is 3.24. The summed E-state index contributed by atoms with van der Waals surface area (Å²) in [5.41, 5.74) is 2.14. The maximum Gasteiger partial charge on any atom is 0.143 e. The fraction of sp³-hybridized carbons (Fsp3) is 0.562. The summed E-state index contributed by atoms with van der Waals surface area (Å²) in [6.07, 6.45) is 6.24. The molecule has 5 nitrogen and oxygen atoms in total. The lowest BCUT2D eigenvalue weighted by molar-refractivity contribution is -0.00701. The summed E-state index contributed by atoms with van der Waals surface area (Å²) in [4.78, 5) is 4.50. The van der Waals surface area contributed by atoms with Crippen molar-refractivity contribution in [1.82, 2.24) is 19.7 Å². The maximum absolute atomic E-state index is 6.30. The lowest BCUT2D eigenvalue weighted by Crippen LogP contribution is -2.48. The van der Waals surface area contributed by atoms with Gasteiger partial charge in [0.15, 0.2) is 0 Å². The minimum absolute atomic E-state index is 0.165. The minimum Gasteiger partial charge on any atom is -0.381 e. The molecule has 0 aromatic carbocycles. The van der Waals surface area contributed by atoms with Gasteiger partial charge in [-0.2, -0.15) is 0 Å². The smallest absolute Gasteiger partial charge is 0.143 e. The summed E-state index contributed by atoms with van der Waals surface area (Å²) >= 11 is 6.30. The molecule has 0 spiro atoms. The van der Waals surface area contributed by atoms with Gasteiger partial charge in [0.2, 0.25) is 0 Å². The highest BCUT2D eigenvalue weighted by atomic mass is 35.5. The summed E-state index contributed by atoms with van der Waals surface area (Å²) in [6, 6.07) is 4.19. The summed E-state index contributed by atoms with van der Waals surface area (Å²) in [7, 11) is 3.75. The minimum atomic E-state index is -0.165. The van der Waals surface area contributed by atoms with E-state index in [0.29, 0.717) is 11.1 Å².